The van der Waals surface area contributed by atoms with Crippen LogP contribution in [0.1, 0.15) is 36.9 Å². The fourth-order valence-corrected chi connectivity index (χ4v) is 4.19. The standard InChI is InChI=1S/C26H29N3O2/c1-18-7-5-11-24(15-18)28-26(31)29-14-6-10-23(17-29)25(30)27-19(2)21-13-12-20-8-3-4-9-22(20)16-21/h3-5,7-9,11-13,15-16,19,23H,6,10,14,17H2,1-2H3,(H,27,30)(H,28,31). The molecule has 1 aliphatic heterocycles. The molecule has 0 saturated carbocycles. The third kappa shape index (κ3) is 5.05. The van der Waals surface area contributed by atoms with Crippen molar-refractivity contribution in [1.29, 1.82) is 0 Å². The average Bonchev–Trinajstić information content (AvgIpc) is 2.78. The summed E-state index contributed by atoms with van der Waals surface area (Å²) in [6.07, 6.45) is 1.62. The number of likely N-dealkylation sites (tertiary alicyclic amines) is 1. The van der Waals surface area contributed by atoms with Crippen LogP contribution in [0, 0.1) is 12.8 Å². The topological polar surface area (TPSA) is 61.4 Å². The number of piperidine rings is 1. The molecule has 5 heteroatoms. The summed E-state index contributed by atoms with van der Waals surface area (Å²) in [5.41, 5.74) is 2.95. The normalized spacial score (nSPS) is 17.2. The molecule has 0 spiro atoms. The van der Waals surface area contributed by atoms with E-state index in [1.165, 1.54) is 5.39 Å². The van der Waals surface area contributed by atoms with Gasteiger partial charge >= 0.3 is 6.03 Å². The third-order valence-corrected chi connectivity index (χ3v) is 5.98. The highest BCUT2D eigenvalue weighted by molar-refractivity contribution is 5.90. The lowest BCUT2D eigenvalue weighted by atomic mass is 9.96. The molecule has 4 rings (SSSR count). The van der Waals surface area contributed by atoms with Crippen molar-refractivity contribution in [2.45, 2.75) is 32.7 Å². The molecule has 5 nitrogen and oxygen atoms in total. The Kier molecular flexibility index (Phi) is 6.21. The van der Waals surface area contributed by atoms with Crippen LogP contribution in [0.25, 0.3) is 10.8 Å². The average molecular weight is 416 g/mol. The molecule has 2 unspecified atom stereocenters. The Morgan fingerprint density at radius 2 is 1.81 bits per heavy atom. The van der Waals surface area contributed by atoms with Crippen molar-refractivity contribution in [3.8, 4) is 0 Å². The zero-order valence-electron chi connectivity index (χ0n) is 18.1. The van der Waals surface area contributed by atoms with Crippen LogP contribution in [0.3, 0.4) is 0 Å². The summed E-state index contributed by atoms with van der Waals surface area (Å²) in [4.78, 5) is 27.4. The molecule has 1 fully saturated rings. The second kappa shape index (κ2) is 9.21. The van der Waals surface area contributed by atoms with Crippen molar-refractivity contribution in [2.24, 2.45) is 5.92 Å². The monoisotopic (exact) mass is 415 g/mol. The number of benzene rings is 3. The van der Waals surface area contributed by atoms with Crippen LogP contribution in [0.4, 0.5) is 10.5 Å². The van der Waals surface area contributed by atoms with E-state index in [-0.39, 0.29) is 23.9 Å². The molecule has 160 valence electrons. The molecule has 0 aliphatic carbocycles. The van der Waals surface area contributed by atoms with E-state index in [9.17, 15) is 9.59 Å². The first-order valence-electron chi connectivity index (χ1n) is 10.9. The first-order valence-corrected chi connectivity index (χ1v) is 10.9. The van der Waals surface area contributed by atoms with Crippen LogP contribution in [0.5, 0.6) is 0 Å². The first kappa shape index (κ1) is 20.9. The zero-order chi connectivity index (χ0) is 21.8. The van der Waals surface area contributed by atoms with Crippen LogP contribution >= 0.6 is 0 Å². The number of fused-ring (bicyclic) bond motifs is 1. The SMILES string of the molecule is Cc1cccc(NC(=O)N2CCCC(C(=O)NC(C)c3ccc4ccccc4c3)C2)c1. The van der Waals surface area contributed by atoms with Crippen molar-refractivity contribution in [2.75, 3.05) is 18.4 Å². The van der Waals surface area contributed by atoms with Gasteiger partial charge in [0.25, 0.3) is 0 Å². The van der Waals surface area contributed by atoms with E-state index < -0.39 is 0 Å². The van der Waals surface area contributed by atoms with Gasteiger partial charge in [0.15, 0.2) is 0 Å². The second-order valence-corrected chi connectivity index (χ2v) is 8.42. The molecular weight excluding hydrogens is 386 g/mol. The van der Waals surface area contributed by atoms with E-state index in [1.54, 1.807) is 4.90 Å². The number of carbonyl (C=O) groups is 2. The van der Waals surface area contributed by atoms with E-state index in [4.69, 9.17) is 0 Å². The lowest BCUT2D eigenvalue weighted by molar-refractivity contribution is -0.126. The number of nitrogens with one attached hydrogen (secondary N) is 2. The molecule has 0 aromatic heterocycles. The van der Waals surface area contributed by atoms with E-state index in [0.29, 0.717) is 13.1 Å². The molecule has 3 aromatic carbocycles. The molecule has 0 bridgehead atoms. The fourth-order valence-electron chi connectivity index (χ4n) is 4.19. The summed E-state index contributed by atoms with van der Waals surface area (Å²) >= 11 is 0. The van der Waals surface area contributed by atoms with Gasteiger partial charge in [0.1, 0.15) is 0 Å². The van der Waals surface area contributed by atoms with Gasteiger partial charge in [-0.25, -0.2) is 4.79 Å². The Bertz CT molecular complexity index is 1090. The van der Waals surface area contributed by atoms with Gasteiger partial charge in [0, 0.05) is 18.8 Å². The van der Waals surface area contributed by atoms with Crippen molar-refractivity contribution in [3.63, 3.8) is 0 Å². The quantitative estimate of drug-likeness (QED) is 0.610. The number of carbonyl (C=O) groups excluding carboxylic acids is 2. The summed E-state index contributed by atoms with van der Waals surface area (Å²) in [5, 5.41) is 8.45. The largest absolute Gasteiger partial charge is 0.349 e. The lowest BCUT2D eigenvalue weighted by Gasteiger charge is -2.32. The summed E-state index contributed by atoms with van der Waals surface area (Å²) in [5.74, 6) is -0.186. The molecule has 31 heavy (non-hydrogen) atoms. The molecule has 0 radical (unpaired) electrons. The van der Waals surface area contributed by atoms with E-state index in [2.05, 4.69) is 41.0 Å². The minimum atomic E-state index is -0.195. The summed E-state index contributed by atoms with van der Waals surface area (Å²) in [7, 11) is 0. The zero-order valence-corrected chi connectivity index (χ0v) is 18.1. The van der Waals surface area contributed by atoms with Crippen LogP contribution in [-0.4, -0.2) is 29.9 Å². The molecule has 1 saturated heterocycles. The van der Waals surface area contributed by atoms with Gasteiger partial charge in [-0.2, -0.15) is 0 Å². The van der Waals surface area contributed by atoms with Gasteiger partial charge in [0.05, 0.1) is 12.0 Å². The molecule has 3 amide bonds. The minimum Gasteiger partial charge on any atom is -0.349 e. The van der Waals surface area contributed by atoms with Gasteiger partial charge in [-0.1, -0.05) is 48.5 Å². The lowest BCUT2D eigenvalue weighted by Crippen LogP contribution is -2.47. The van der Waals surface area contributed by atoms with Crippen LogP contribution < -0.4 is 10.6 Å². The number of urea groups is 1. The minimum absolute atomic E-state index is 0.00807. The number of nitrogens with zero attached hydrogens (tertiary/aromatic N) is 1. The van der Waals surface area contributed by atoms with E-state index in [1.807, 2.05) is 50.2 Å². The molecule has 1 aliphatic rings. The van der Waals surface area contributed by atoms with Gasteiger partial charge in [0.2, 0.25) is 5.91 Å². The summed E-state index contributed by atoms with van der Waals surface area (Å²) in [6.45, 7) is 5.11. The van der Waals surface area contributed by atoms with Crippen molar-refractivity contribution >= 4 is 28.4 Å². The predicted molar refractivity (Wildman–Crippen MR) is 125 cm³/mol. The van der Waals surface area contributed by atoms with Crippen molar-refractivity contribution < 1.29 is 9.59 Å². The second-order valence-electron chi connectivity index (χ2n) is 8.42. The maximum absolute atomic E-state index is 12.9. The summed E-state index contributed by atoms with van der Waals surface area (Å²) < 4.78 is 0. The third-order valence-electron chi connectivity index (χ3n) is 5.98. The highest BCUT2D eigenvalue weighted by Crippen LogP contribution is 2.23. The predicted octanol–water partition coefficient (Wildman–Crippen LogP) is 5.27. The highest BCUT2D eigenvalue weighted by Gasteiger charge is 2.29. The van der Waals surface area contributed by atoms with E-state index >= 15 is 0 Å². The number of amides is 3. The van der Waals surface area contributed by atoms with Gasteiger partial charge in [-0.3, -0.25) is 4.79 Å². The summed E-state index contributed by atoms with van der Waals surface area (Å²) in [6, 6.07) is 22.0. The molecule has 3 aromatic rings. The van der Waals surface area contributed by atoms with Gasteiger partial charge < -0.3 is 15.5 Å². The van der Waals surface area contributed by atoms with Gasteiger partial charge in [-0.15, -0.1) is 0 Å². The van der Waals surface area contributed by atoms with Gasteiger partial charge in [-0.05, 0) is 66.8 Å². The Balaban J connectivity index is 1.37. The number of aryl methyl sites for hydroxylation is 1. The number of rotatable bonds is 4. The molecule has 1 heterocycles. The smallest absolute Gasteiger partial charge is 0.321 e. The van der Waals surface area contributed by atoms with Crippen LogP contribution in [0.2, 0.25) is 0 Å². The number of hydrogen-bond acceptors (Lipinski definition) is 2. The van der Waals surface area contributed by atoms with Crippen LogP contribution in [0.15, 0.2) is 66.7 Å². The molecule has 2 atom stereocenters. The van der Waals surface area contributed by atoms with Crippen LogP contribution in [-0.2, 0) is 4.79 Å². The molecular formula is C26H29N3O2. The van der Waals surface area contributed by atoms with E-state index in [0.717, 1.165) is 35.0 Å². The highest BCUT2D eigenvalue weighted by atomic mass is 16.2. The Hall–Kier alpha value is -3.34. The first-order chi connectivity index (χ1) is 15.0. The van der Waals surface area contributed by atoms with Crippen molar-refractivity contribution in [3.05, 3.63) is 77.9 Å². The Morgan fingerprint density at radius 1 is 1.00 bits per heavy atom. The molecule has 2 N–H and O–H groups in total. The number of hydrogen-bond donors (Lipinski definition) is 2. The fraction of sp³-hybridized carbons (Fsp3) is 0.308. The number of anilines is 1. The van der Waals surface area contributed by atoms with Crippen molar-refractivity contribution in [1.82, 2.24) is 10.2 Å². The Labute approximate surface area is 183 Å². The maximum atomic E-state index is 12.9. The maximum Gasteiger partial charge on any atom is 0.321 e. The Morgan fingerprint density at radius 3 is 2.61 bits per heavy atom.